The predicted molar refractivity (Wildman–Crippen MR) is 86.0 cm³/mol. The maximum absolute atomic E-state index is 12.1. The maximum atomic E-state index is 12.1. The van der Waals surface area contributed by atoms with Gasteiger partial charge in [-0.15, -0.1) is 0 Å². The number of rotatable bonds is 6. The molecule has 116 valence electrons. The third-order valence-electron chi connectivity index (χ3n) is 3.47. The lowest BCUT2D eigenvalue weighted by atomic mass is 10.0. The number of aromatic nitrogens is 1. The lowest BCUT2D eigenvalue weighted by molar-refractivity contribution is 0.0936. The Kier molecular flexibility index (Phi) is 5.49. The molecule has 5 nitrogen and oxygen atoms in total. The quantitative estimate of drug-likeness (QED) is 0.888. The molecule has 2 aromatic rings. The van der Waals surface area contributed by atoms with E-state index in [9.17, 15) is 4.79 Å². The Morgan fingerprint density at radius 2 is 1.95 bits per heavy atom. The number of likely N-dealkylation sites (N-methyl/N-ethyl adjacent to an activating group) is 1. The number of pyridine rings is 1. The summed E-state index contributed by atoms with van der Waals surface area (Å²) in [5.74, 6) is 0.635. The highest BCUT2D eigenvalue weighted by molar-refractivity contribution is 5.92. The van der Waals surface area contributed by atoms with Crippen LogP contribution in [0.25, 0.3) is 0 Å². The Balaban J connectivity index is 2.11. The lowest BCUT2D eigenvalue weighted by Gasteiger charge is -2.26. The van der Waals surface area contributed by atoms with Crippen LogP contribution in [0.3, 0.4) is 0 Å². The molecule has 0 aliphatic rings. The number of amides is 1. The van der Waals surface area contributed by atoms with Crippen molar-refractivity contribution in [3.05, 3.63) is 59.9 Å². The van der Waals surface area contributed by atoms with Gasteiger partial charge in [-0.2, -0.15) is 0 Å². The fourth-order valence-electron chi connectivity index (χ4n) is 2.29. The standard InChI is InChI=1S/C17H21N3O2/c1-20(2)15(13-8-4-5-10-16(13)22-3)12-19-17(21)14-9-6-7-11-18-14/h4-11,15H,12H2,1-3H3,(H,19,21). The third-order valence-corrected chi connectivity index (χ3v) is 3.47. The number of hydrogen-bond donors (Lipinski definition) is 1. The summed E-state index contributed by atoms with van der Waals surface area (Å²) < 4.78 is 5.42. The summed E-state index contributed by atoms with van der Waals surface area (Å²) >= 11 is 0. The van der Waals surface area contributed by atoms with Crippen molar-refractivity contribution in [2.24, 2.45) is 0 Å². The Morgan fingerprint density at radius 3 is 2.59 bits per heavy atom. The zero-order valence-corrected chi connectivity index (χ0v) is 13.1. The number of nitrogens with one attached hydrogen (secondary N) is 1. The van der Waals surface area contributed by atoms with Gasteiger partial charge < -0.3 is 15.0 Å². The molecule has 0 spiro atoms. The van der Waals surface area contributed by atoms with Crippen molar-refractivity contribution in [1.29, 1.82) is 0 Å². The molecule has 0 aliphatic carbocycles. The van der Waals surface area contributed by atoms with Crippen molar-refractivity contribution < 1.29 is 9.53 Å². The molecule has 0 fully saturated rings. The normalized spacial score (nSPS) is 12.0. The third kappa shape index (κ3) is 3.83. The predicted octanol–water partition coefficient (Wildman–Crippen LogP) is 2.12. The summed E-state index contributed by atoms with van der Waals surface area (Å²) in [6, 6.07) is 13.1. The van der Waals surface area contributed by atoms with Gasteiger partial charge in [-0.25, -0.2) is 0 Å². The summed E-state index contributed by atoms with van der Waals surface area (Å²) in [4.78, 5) is 18.2. The van der Waals surface area contributed by atoms with Crippen molar-refractivity contribution in [3.8, 4) is 5.75 Å². The first-order valence-electron chi connectivity index (χ1n) is 7.12. The molecule has 0 saturated heterocycles. The molecule has 1 aromatic heterocycles. The number of carbonyl (C=O) groups excluding carboxylic acids is 1. The molecule has 1 heterocycles. The highest BCUT2D eigenvalue weighted by atomic mass is 16.5. The van der Waals surface area contributed by atoms with E-state index in [0.717, 1.165) is 11.3 Å². The number of methoxy groups -OCH3 is 1. The van der Waals surface area contributed by atoms with Crippen molar-refractivity contribution >= 4 is 5.91 Å². The largest absolute Gasteiger partial charge is 0.496 e. The molecule has 5 heteroatoms. The Morgan fingerprint density at radius 1 is 1.23 bits per heavy atom. The highest BCUT2D eigenvalue weighted by Crippen LogP contribution is 2.27. The number of benzene rings is 1. The summed E-state index contributed by atoms with van der Waals surface area (Å²) in [7, 11) is 5.60. The van der Waals surface area contributed by atoms with Crippen LogP contribution in [0.5, 0.6) is 5.75 Å². The first-order valence-corrected chi connectivity index (χ1v) is 7.12. The number of nitrogens with zero attached hydrogens (tertiary/aromatic N) is 2. The van der Waals surface area contributed by atoms with Gasteiger partial charge in [0.2, 0.25) is 0 Å². The molecule has 1 unspecified atom stereocenters. The zero-order valence-electron chi connectivity index (χ0n) is 13.1. The van der Waals surface area contributed by atoms with Gasteiger partial charge in [0.05, 0.1) is 13.2 Å². The molecule has 2 rings (SSSR count). The SMILES string of the molecule is COc1ccccc1C(CNC(=O)c1ccccn1)N(C)C. The highest BCUT2D eigenvalue weighted by Gasteiger charge is 2.19. The lowest BCUT2D eigenvalue weighted by Crippen LogP contribution is -2.35. The molecule has 1 N–H and O–H groups in total. The smallest absolute Gasteiger partial charge is 0.269 e. The van der Waals surface area contributed by atoms with Crippen LogP contribution in [-0.2, 0) is 0 Å². The van der Waals surface area contributed by atoms with Crippen LogP contribution in [-0.4, -0.2) is 43.5 Å². The molecule has 0 radical (unpaired) electrons. The fourth-order valence-corrected chi connectivity index (χ4v) is 2.29. The number of carbonyl (C=O) groups is 1. The topological polar surface area (TPSA) is 54.5 Å². The van der Waals surface area contributed by atoms with Gasteiger partial charge in [0, 0.05) is 18.3 Å². The number of hydrogen-bond acceptors (Lipinski definition) is 4. The van der Waals surface area contributed by atoms with Crippen LogP contribution in [0.1, 0.15) is 22.1 Å². The summed E-state index contributed by atoms with van der Waals surface area (Å²) in [5, 5.41) is 2.93. The second-order valence-electron chi connectivity index (χ2n) is 5.15. The van der Waals surface area contributed by atoms with E-state index in [1.54, 1.807) is 31.5 Å². The van der Waals surface area contributed by atoms with Gasteiger partial charge in [0.1, 0.15) is 11.4 Å². The van der Waals surface area contributed by atoms with E-state index in [1.807, 2.05) is 38.4 Å². The van der Waals surface area contributed by atoms with E-state index < -0.39 is 0 Å². The van der Waals surface area contributed by atoms with Gasteiger partial charge in [-0.3, -0.25) is 9.78 Å². The molecule has 1 aromatic carbocycles. The molecule has 0 bridgehead atoms. The minimum atomic E-state index is -0.178. The molecule has 22 heavy (non-hydrogen) atoms. The average Bonchev–Trinajstić information content (AvgIpc) is 2.55. The van der Waals surface area contributed by atoms with E-state index >= 15 is 0 Å². The average molecular weight is 299 g/mol. The first kappa shape index (κ1) is 16.0. The van der Waals surface area contributed by atoms with E-state index in [-0.39, 0.29) is 11.9 Å². The second kappa shape index (κ2) is 7.56. The van der Waals surface area contributed by atoms with Crippen molar-refractivity contribution in [2.75, 3.05) is 27.7 Å². The van der Waals surface area contributed by atoms with E-state index in [1.165, 1.54) is 0 Å². The Hall–Kier alpha value is -2.40. The van der Waals surface area contributed by atoms with Gasteiger partial charge in [-0.1, -0.05) is 24.3 Å². The van der Waals surface area contributed by atoms with Crippen LogP contribution in [0, 0.1) is 0 Å². The minimum Gasteiger partial charge on any atom is -0.496 e. The molecule has 1 amide bonds. The zero-order chi connectivity index (χ0) is 15.9. The summed E-state index contributed by atoms with van der Waals surface area (Å²) in [5.41, 5.74) is 1.45. The summed E-state index contributed by atoms with van der Waals surface area (Å²) in [6.07, 6.45) is 1.61. The van der Waals surface area contributed by atoms with Gasteiger partial charge >= 0.3 is 0 Å². The van der Waals surface area contributed by atoms with Crippen molar-refractivity contribution in [2.45, 2.75) is 6.04 Å². The van der Waals surface area contributed by atoms with Crippen LogP contribution in [0.4, 0.5) is 0 Å². The molecular weight excluding hydrogens is 278 g/mol. The van der Waals surface area contributed by atoms with Gasteiger partial charge in [0.15, 0.2) is 0 Å². The van der Waals surface area contributed by atoms with E-state index in [0.29, 0.717) is 12.2 Å². The second-order valence-corrected chi connectivity index (χ2v) is 5.15. The first-order chi connectivity index (χ1) is 10.6. The number of para-hydroxylation sites is 1. The fraction of sp³-hybridized carbons (Fsp3) is 0.294. The number of ether oxygens (including phenoxy) is 1. The van der Waals surface area contributed by atoms with E-state index in [4.69, 9.17) is 4.74 Å². The minimum absolute atomic E-state index is 0.0174. The monoisotopic (exact) mass is 299 g/mol. The maximum Gasteiger partial charge on any atom is 0.269 e. The van der Waals surface area contributed by atoms with Crippen LogP contribution in [0.2, 0.25) is 0 Å². The van der Waals surface area contributed by atoms with Crippen LogP contribution >= 0.6 is 0 Å². The van der Waals surface area contributed by atoms with Crippen molar-refractivity contribution in [1.82, 2.24) is 15.2 Å². The van der Waals surface area contributed by atoms with E-state index in [2.05, 4.69) is 15.2 Å². The molecular formula is C17H21N3O2. The molecule has 1 atom stereocenters. The summed E-state index contributed by atoms with van der Waals surface area (Å²) in [6.45, 7) is 0.475. The van der Waals surface area contributed by atoms with Gasteiger partial charge in [0.25, 0.3) is 5.91 Å². The Labute approximate surface area is 130 Å². The molecule has 0 saturated carbocycles. The van der Waals surface area contributed by atoms with Crippen molar-refractivity contribution in [3.63, 3.8) is 0 Å². The Bertz CT molecular complexity index is 614. The molecule has 0 aliphatic heterocycles. The van der Waals surface area contributed by atoms with Crippen LogP contribution < -0.4 is 10.1 Å². The van der Waals surface area contributed by atoms with Gasteiger partial charge in [-0.05, 0) is 32.3 Å². The van der Waals surface area contributed by atoms with Crippen LogP contribution in [0.15, 0.2) is 48.7 Å².